The van der Waals surface area contributed by atoms with Crippen LogP contribution in [0.5, 0.6) is 5.75 Å². The maximum Gasteiger partial charge on any atom is 0.267 e. The highest BCUT2D eigenvalue weighted by atomic mass is 16.3. The lowest BCUT2D eigenvalue weighted by molar-refractivity contribution is -0.0673. The predicted molar refractivity (Wildman–Crippen MR) is 132 cm³/mol. The molecule has 4 aliphatic carbocycles. The van der Waals surface area contributed by atoms with Crippen molar-refractivity contribution in [2.45, 2.75) is 65.0 Å². The summed E-state index contributed by atoms with van der Waals surface area (Å²) >= 11 is 0. The van der Waals surface area contributed by atoms with Gasteiger partial charge in [-0.15, -0.1) is 0 Å². The van der Waals surface area contributed by atoms with Crippen LogP contribution in [0.2, 0.25) is 0 Å². The summed E-state index contributed by atoms with van der Waals surface area (Å²) in [5, 5.41) is 17.7. The fourth-order valence-corrected chi connectivity index (χ4v) is 7.78. The molecule has 0 radical (unpaired) electrons. The Morgan fingerprint density at radius 3 is 2.47 bits per heavy atom. The van der Waals surface area contributed by atoms with Gasteiger partial charge in [0.05, 0.1) is 18.1 Å². The Balaban J connectivity index is 1.25. The minimum Gasteiger partial charge on any atom is -0.506 e. The second-order valence-corrected chi connectivity index (χ2v) is 11.7. The third-order valence-electron chi connectivity index (χ3n) is 8.72. The van der Waals surface area contributed by atoms with Gasteiger partial charge in [-0.3, -0.25) is 19.9 Å². The van der Waals surface area contributed by atoms with Crippen molar-refractivity contribution in [2.24, 2.45) is 34.1 Å². The number of rotatable bonds is 4. The van der Waals surface area contributed by atoms with Gasteiger partial charge in [0.1, 0.15) is 11.3 Å². The molecule has 1 aliphatic heterocycles. The van der Waals surface area contributed by atoms with Crippen LogP contribution in [0.3, 0.4) is 0 Å². The van der Waals surface area contributed by atoms with E-state index in [9.17, 15) is 14.7 Å². The lowest BCUT2D eigenvalue weighted by Gasteiger charge is -2.58. The fraction of sp³-hybridized carbons (Fsp3) is 0.593. The number of pyridine rings is 1. The van der Waals surface area contributed by atoms with Crippen molar-refractivity contribution < 1.29 is 9.90 Å². The number of carbonyl (C=O) groups is 1. The van der Waals surface area contributed by atoms with E-state index >= 15 is 0 Å². The van der Waals surface area contributed by atoms with Gasteiger partial charge in [0, 0.05) is 11.9 Å². The number of nitrogens with one attached hydrogen (secondary N) is 2. The Kier molecular flexibility index (Phi) is 5.01. The third-order valence-corrected chi connectivity index (χ3v) is 8.72. The van der Waals surface area contributed by atoms with Crippen molar-refractivity contribution >= 4 is 22.8 Å². The van der Waals surface area contributed by atoms with Gasteiger partial charge in [-0.05, 0) is 79.7 Å². The van der Waals surface area contributed by atoms with E-state index in [0.717, 1.165) is 17.8 Å². The minimum absolute atomic E-state index is 0.212. The molecule has 2 aromatic rings. The monoisotopic (exact) mass is 462 g/mol. The normalized spacial score (nSPS) is 31.7. The molecule has 1 aromatic heterocycles. The molecule has 2 heterocycles. The summed E-state index contributed by atoms with van der Waals surface area (Å²) in [6.45, 7) is 5.17. The third kappa shape index (κ3) is 3.43. The van der Waals surface area contributed by atoms with Gasteiger partial charge >= 0.3 is 0 Å². The zero-order valence-corrected chi connectivity index (χ0v) is 20.0. The highest BCUT2D eigenvalue weighted by molar-refractivity contribution is 6.09. The molecule has 1 amide bonds. The highest BCUT2D eigenvalue weighted by Crippen LogP contribution is 2.61. The van der Waals surface area contributed by atoms with E-state index < -0.39 is 11.5 Å². The van der Waals surface area contributed by atoms with Gasteiger partial charge in [-0.2, -0.15) is 0 Å². The first-order valence-electron chi connectivity index (χ1n) is 12.8. The van der Waals surface area contributed by atoms with E-state index in [0.29, 0.717) is 30.0 Å². The summed E-state index contributed by atoms with van der Waals surface area (Å²) in [5.74, 6) is 2.30. The summed E-state index contributed by atoms with van der Waals surface area (Å²) in [6, 6.07) is 7.41. The number of hydrogen-bond acceptors (Lipinski definition) is 5. The van der Waals surface area contributed by atoms with Crippen LogP contribution < -0.4 is 16.2 Å². The Labute approximate surface area is 199 Å². The second-order valence-electron chi connectivity index (χ2n) is 11.7. The molecule has 4 bridgehead atoms. The van der Waals surface area contributed by atoms with Crippen LogP contribution in [0.1, 0.15) is 62.7 Å². The van der Waals surface area contributed by atoms with E-state index in [1.165, 1.54) is 38.5 Å². The van der Waals surface area contributed by atoms with E-state index in [1.54, 1.807) is 22.8 Å². The number of guanidine groups is 1. The molecule has 0 spiro atoms. The number of amides is 1. The smallest absolute Gasteiger partial charge is 0.267 e. The van der Waals surface area contributed by atoms with Crippen molar-refractivity contribution in [1.82, 2.24) is 15.2 Å². The number of aromatic nitrogens is 1. The molecule has 1 atom stereocenters. The summed E-state index contributed by atoms with van der Waals surface area (Å²) in [7, 11) is 0. The zero-order valence-electron chi connectivity index (χ0n) is 20.0. The number of aliphatic imine (C=N–C) groups is 1. The van der Waals surface area contributed by atoms with Crippen LogP contribution >= 0.6 is 0 Å². The largest absolute Gasteiger partial charge is 0.506 e. The molecule has 5 aliphatic rings. The molecule has 34 heavy (non-hydrogen) atoms. The number of carbonyl (C=O) groups excluding carboxylic acids is 1. The van der Waals surface area contributed by atoms with Gasteiger partial charge in [-0.1, -0.05) is 26.0 Å². The number of benzene rings is 1. The number of nitrogens with zero attached hydrogens (tertiary/aromatic N) is 2. The lowest BCUT2D eigenvalue weighted by Crippen LogP contribution is -2.57. The maximum absolute atomic E-state index is 13.3. The lowest BCUT2D eigenvalue weighted by atomic mass is 9.48. The molecule has 4 saturated carbocycles. The van der Waals surface area contributed by atoms with Crippen molar-refractivity contribution in [3.05, 3.63) is 40.2 Å². The Hall–Kier alpha value is -2.83. The number of para-hydroxylation sites is 1. The van der Waals surface area contributed by atoms with Crippen molar-refractivity contribution in [1.29, 1.82) is 0 Å². The van der Waals surface area contributed by atoms with Crippen LogP contribution in [0.4, 0.5) is 0 Å². The molecule has 7 rings (SSSR count). The van der Waals surface area contributed by atoms with Crippen LogP contribution in [0.25, 0.3) is 10.9 Å². The van der Waals surface area contributed by atoms with Crippen molar-refractivity contribution in [3.8, 4) is 5.75 Å². The summed E-state index contributed by atoms with van der Waals surface area (Å²) in [6.07, 6.45) is 7.96. The summed E-state index contributed by atoms with van der Waals surface area (Å²) < 4.78 is 1.59. The first-order chi connectivity index (χ1) is 16.3. The maximum atomic E-state index is 13.3. The molecular formula is C27H34N4O3. The fourth-order valence-electron chi connectivity index (χ4n) is 7.78. The molecular weight excluding hydrogens is 428 g/mol. The quantitative estimate of drug-likeness (QED) is 0.647. The van der Waals surface area contributed by atoms with E-state index in [1.807, 2.05) is 19.9 Å². The van der Waals surface area contributed by atoms with E-state index in [-0.39, 0.29) is 28.7 Å². The van der Waals surface area contributed by atoms with Crippen molar-refractivity contribution in [3.63, 3.8) is 0 Å². The van der Waals surface area contributed by atoms with Gasteiger partial charge in [0.25, 0.3) is 11.5 Å². The SMILES string of the molecule is CC(C)Cn1c(=O)c(C(=O)NC2=NCC(C34CC5CC(CC(C5)C3)C4)N2)c(O)c2ccccc21. The van der Waals surface area contributed by atoms with Crippen LogP contribution in [-0.2, 0) is 6.54 Å². The summed E-state index contributed by atoms with van der Waals surface area (Å²) in [5.41, 5.74) is 0.217. The van der Waals surface area contributed by atoms with E-state index in [4.69, 9.17) is 0 Å². The van der Waals surface area contributed by atoms with Crippen LogP contribution in [0.15, 0.2) is 34.1 Å². The highest BCUT2D eigenvalue weighted by Gasteiger charge is 2.55. The van der Waals surface area contributed by atoms with E-state index in [2.05, 4.69) is 15.6 Å². The Morgan fingerprint density at radius 2 is 1.82 bits per heavy atom. The first-order valence-corrected chi connectivity index (χ1v) is 12.8. The van der Waals surface area contributed by atoms with Gasteiger partial charge in [-0.25, -0.2) is 0 Å². The zero-order chi connectivity index (χ0) is 23.6. The topological polar surface area (TPSA) is 95.7 Å². The molecule has 7 nitrogen and oxygen atoms in total. The van der Waals surface area contributed by atoms with Gasteiger partial charge < -0.3 is 15.0 Å². The average Bonchev–Trinajstić information content (AvgIpc) is 3.25. The molecule has 1 aromatic carbocycles. The predicted octanol–water partition coefficient (Wildman–Crippen LogP) is 3.64. The first kappa shape index (κ1) is 21.7. The Morgan fingerprint density at radius 1 is 1.18 bits per heavy atom. The summed E-state index contributed by atoms with van der Waals surface area (Å²) in [4.78, 5) is 31.2. The van der Waals surface area contributed by atoms with Crippen LogP contribution in [-0.4, -0.2) is 34.1 Å². The molecule has 4 fully saturated rings. The molecule has 180 valence electrons. The Bertz CT molecular complexity index is 1210. The molecule has 7 heteroatoms. The number of aromatic hydroxyl groups is 1. The molecule has 0 saturated heterocycles. The van der Waals surface area contributed by atoms with Gasteiger partial charge in [0.2, 0.25) is 0 Å². The molecule has 1 unspecified atom stereocenters. The standard InChI is InChI=1S/C27H34N4O3/c1-15(2)14-31-20-6-4-3-5-19(20)23(32)22(25(31)34)24(33)30-26-28-13-21(29-26)27-10-16-7-17(11-27)9-18(8-16)12-27/h3-6,15-18,21,32H,7-14H2,1-2H3,(H2,28,29,30,33). The molecule has 3 N–H and O–H groups in total. The average molecular weight is 463 g/mol. The van der Waals surface area contributed by atoms with Crippen molar-refractivity contribution in [2.75, 3.05) is 6.54 Å². The van der Waals surface area contributed by atoms with Gasteiger partial charge in [0.15, 0.2) is 5.96 Å². The van der Waals surface area contributed by atoms with Crippen LogP contribution in [0, 0.1) is 29.1 Å². The second kappa shape index (κ2) is 7.85. The minimum atomic E-state index is -0.608. The number of fused-ring (bicyclic) bond motifs is 1. The number of hydrogen-bond donors (Lipinski definition) is 3.